The molecule has 1 aromatic carbocycles. The number of carbonyl (C=O) groups excluding carboxylic acids is 1. The van der Waals surface area contributed by atoms with E-state index in [0.717, 1.165) is 53.3 Å². The Morgan fingerprint density at radius 1 is 1.33 bits per heavy atom. The van der Waals surface area contributed by atoms with E-state index in [1.165, 1.54) is 0 Å². The van der Waals surface area contributed by atoms with Gasteiger partial charge in [0, 0.05) is 40.9 Å². The lowest BCUT2D eigenvalue weighted by molar-refractivity contribution is 0.0707. The molecule has 1 aliphatic heterocycles. The predicted octanol–water partition coefficient (Wildman–Crippen LogP) is 3.57. The van der Waals surface area contributed by atoms with Gasteiger partial charge in [0.25, 0.3) is 0 Å². The average Bonchev–Trinajstić information content (AvgIpc) is 2.76. The maximum Gasteiger partial charge on any atom is 0.150 e. The molecule has 2 heterocycles. The van der Waals surface area contributed by atoms with Crippen molar-refractivity contribution in [1.82, 2.24) is 4.57 Å². The number of hydrogen-bond donors (Lipinski definition) is 0. The van der Waals surface area contributed by atoms with Crippen molar-refractivity contribution in [1.29, 1.82) is 0 Å². The fraction of sp³-hybridized carbons (Fsp3) is 0.357. The van der Waals surface area contributed by atoms with Crippen molar-refractivity contribution >= 4 is 33.1 Å². The summed E-state index contributed by atoms with van der Waals surface area (Å²) in [6, 6.07) is 6.28. The SMILES string of the molecule is O=Cc1ccc2c(Br)cn(C3CCOCC3)c2c1. The van der Waals surface area contributed by atoms with Gasteiger partial charge in [-0.25, -0.2) is 0 Å². The molecule has 0 bridgehead atoms. The van der Waals surface area contributed by atoms with Crippen molar-refractivity contribution in [3.8, 4) is 0 Å². The van der Waals surface area contributed by atoms with Crippen LogP contribution in [-0.2, 0) is 4.74 Å². The lowest BCUT2D eigenvalue weighted by atomic mass is 10.1. The zero-order chi connectivity index (χ0) is 12.5. The number of carbonyl (C=O) groups is 1. The standard InChI is InChI=1S/C14H14BrNO2/c15-13-8-16(11-3-5-18-6-4-11)14-7-10(9-17)1-2-12(13)14/h1-2,7-9,11H,3-6H2. The first-order chi connectivity index (χ1) is 8.79. The Balaban J connectivity index is 2.12. The minimum absolute atomic E-state index is 0.467. The Bertz CT molecular complexity index is 585. The second kappa shape index (κ2) is 4.86. The normalized spacial score (nSPS) is 17.2. The predicted molar refractivity (Wildman–Crippen MR) is 74.1 cm³/mol. The summed E-state index contributed by atoms with van der Waals surface area (Å²) < 4.78 is 8.76. The Labute approximate surface area is 114 Å². The smallest absolute Gasteiger partial charge is 0.150 e. The highest BCUT2D eigenvalue weighted by Gasteiger charge is 2.18. The van der Waals surface area contributed by atoms with E-state index in [1.54, 1.807) is 0 Å². The third-order valence-electron chi connectivity index (χ3n) is 3.53. The lowest BCUT2D eigenvalue weighted by Crippen LogP contribution is -2.18. The number of aldehydes is 1. The van der Waals surface area contributed by atoms with E-state index in [9.17, 15) is 4.79 Å². The summed E-state index contributed by atoms with van der Waals surface area (Å²) in [6.07, 6.45) is 5.08. The second-order valence-electron chi connectivity index (χ2n) is 4.62. The van der Waals surface area contributed by atoms with E-state index >= 15 is 0 Å². The van der Waals surface area contributed by atoms with E-state index in [0.29, 0.717) is 6.04 Å². The zero-order valence-corrected chi connectivity index (χ0v) is 11.5. The molecule has 1 fully saturated rings. The van der Waals surface area contributed by atoms with E-state index < -0.39 is 0 Å². The van der Waals surface area contributed by atoms with Crippen LogP contribution in [0.3, 0.4) is 0 Å². The van der Waals surface area contributed by atoms with Crippen LogP contribution in [0.4, 0.5) is 0 Å². The van der Waals surface area contributed by atoms with Gasteiger partial charge in [0.15, 0.2) is 0 Å². The maximum atomic E-state index is 10.9. The van der Waals surface area contributed by atoms with Crippen molar-refractivity contribution in [3.63, 3.8) is 0 Å². The fourth-order valence-corrected chi connectivity index (χ4v) is 3.12. The molecule has 1 saturated heterocycles. The average molecular weight is 308 g/mol. The molecule has 0 amide bonds. The highest BCUT2D eigenvalue weighted by atomic mass is 79.9. The van der Waals surface area contributed by atoms with Crippen molar-refractivity contribution in [2.45, 2.75) is 18.9 Å². The molecule has 0 spiro atoms. The zero-order valence-electron chi connectivity index (χ0n) is 9.93. The number of halogens is 1. The van der Waals surface area contributed by atoms with E-state index in [2.05, 4.69) is 26.7 Å². The highest BCUT2D eigenvalue weighted by molar-refractivity contribution is 9.10. The Hall–Kier alpha value is -1.13. The summed E-state index contributed by atoms with van der Waals surface area (Å²) in [7, 11) is 0. The third-order valence-corrected chi connectivity index (χ3v) is 4.16. The molecular formula is C14H14BrNO2. The van der Waals surface area contributed by atoms with Crippen molar-refractivity contribution in [2.24, 2.45) is 0 Å². The number of benzene rings is 1. The van der Waals surface area contributed by atoms with Crippen molar-refractivity contribution in [3.05, 3.63) is 34.4 Å². The Morgan fingerprint density at radius 2 is 2.11 bits per heavy atom. The summed E-state index contributed by atoms with van der Waals surface area (Å²) in [5.41, 5.74) is 1.85. The van der Waals surface area contributed by atoms with Gasteiger partial charge in [0.2, 0.25) is 0 Å². The topological polar surface area (TPSA) is 31.2 Å². The van der Waals surface area contributed by atoms with Gasteiger partial charge in [0.05, 0.1) is 5.52 Å². The molecule has 0 N–H and O–H groups in total. The van der Waals surface area contributed by atoms with Gasteiger partial charge in [0.1, 0.15) is 6.29 Å². The van der Waals surface area contributed by atoms with Gasteiger partial charge < -0.3 is 9.30 Å². The molecule has 1 aromatic heterocycles. The quantitative estimate of drug-likeness (QED) is 0.794. The Morgan fingerprint density at radius 3 is 2.83 bits per heavy atom. The number of nitrogens with zero attached hydrogens (tertiary/aromatic N) is 1. The molecule has 0 aliphatic carbocycles. The summed E-state index contributed by atoms with van der Waals surface area (Å²) in [5, 5.41) is 1.16. The Kier molecular flexibility index (Phi) is 3.22. The third kappa shape index (κ3) is 1.99. The fourth-order valence-electron chi connectivity index (χ4n) is 2.56. The molecule has 0 radical (unpaired) electrons. The van der Waals surface area contributed by atoms with Gasteiger partial charge in [-0.15, -0.1) is 0 Å². The second-order valence-corrected chi connectivity index (χ2v) is 5.48. The summed E-state index contributed by atoms with van der Waals surface area (Å²) in [5.74, 6) is 0. The van der Waals surface area contributed by atoms with Crippen LogP contribution in [-0.4, -0.2) is 24.1 Å². The summed E-state index contributed by atoms with van der Waals surface area (Å²) in [6.45, 7) is 1.63. The first kappa shape index (κ1) is 11.9. The minimum atomic E-state index is 0.467. The molecule has 18 heavy (non-hydrogen) atoms. The van der Waals surface area contributed by atoms with Gasteiger partial charge in [-0.3, -0.25) is 4.79 Å². The van der Waals surface area contributed by atoms with Crippen LogP contribution in [0.15, 0.2) is 28.9 Å². The van der Waals surface area contributed by atoms with Crippen LogP contribution in [0.2, 0.25) is 0 Å². The van der Waals surface area contributed by atoms with Gasteiger partial charge in [-0.2, -0.15) is 0 Å². The van der Waals surface area contributed by atoms with Crippen LogP contribution in [0.25, 0.3) is 10.9 Å². The van der Waals surface area contributed by atoms with Crippen LogP contribution < -0.4 is 0 Å². The molecule has 3 nitrogen and oxygen atoms in total. The minimum Gasteiger partial charge on any atom is -0.381 e. The number of fused-ring (bicyclic) bond motifs is 1. The summed E-state index contributed by atoms with van der Waals surface area (Å²) >= 11 is 3.59. The van der Waals surface area contributed by atoms with E-state index in [-0.39, 0.29) is 0 Å². The molecule has 3 rings (SSSR count). The molecule has 1 aliphatic rings. The molecule has 4 heteroatoms. The number of hydrogen-bond acceptors (Lipinski definition) is 2. The van der Waals surface area contributed by atoms with E-state index in [1.807, 2.05) is 18.2 Å². The molecule has 0 atom stereocenters. The molecular weight excluding hydrogens is 294 g/mol. The van der Waals surface area contributed by atoms with E-state index in [4.69, 9.17) is 4.74 Å². The number of rotatable bonds is 2. The van der Waals surface area contributed by atoms with Crippen LogP contribution in [0.5, 0.6) is 0 Å². The van der Waals surface area contributed by atoms with Crippen molar-refractivity contribution < 1.29 is 9.53 Å². The van der Waals surface area contributed by atoms with Crippen LogP contribution in [0.1, 0.15) is 29.2 Å². The molecule has 2 aromatic rings. The van der Waals surface area contributed by atoms with Gasteiger partial charge in [-0.05, 0) is 34.8 Å². The van der Waals surface area contributed by atoms with Gasteiger partial charge >= 0.3 is 0 Å². The number of aromatic nitrogens is 1. The van der Waals surface area contributed by atoms with Crippen LogP contribution >= 0.6 is 15.9 Å². The maximum absolute atomic E-state index is 10.9. The largest absolute Gasteiger partial charge is 0.381 e. The summed E-state index contributed by atoms with van der Waals surface area (Å²) in [4.78, 5) is 10.9. The number of ether oxygens (including phenoxy) is 1. The molecule has 94 valence electrons. The van der Waals surface area contributed by atoms with Crippen LogP contribution in [0, 0.1) is 0 Å². The molecule has 0 saturated carbocycles. The highest BCUT2D eigenvalue weighted by Crippen LogP contribution is 2.32. The first-order valence-electron chi connectivity index (χ1n) is 6.12. The van der Waals surface area contributed by atoms with Crippen molar-refractivity contribution in [2.75, 3.05) is 13.2 Å². The molecule has 0 unspecified atom stereocenters. The lowest BCUT2D eigenvalue weighted by Gasteiger charge is -2.24. The monoisotopic (exact) mass is 307 g/mol. The first-order valence-corrected chi connectivity index (χ1v) is 6.92. The van der Waals surface area contributed by atoms with Gasteiger partial charge in [-0.1, -0.05) is 12.1 Å².